The van der Waals surface area contributed by atoms with Gasteiger partial charge < -0.3 is 20.3 Å². The quantitative estimate of drug-likeness (QED) is 0.517. The van der Waals surface area contributed by atoms with E-state index in [1.807, 2.05) is 68.5 Å². The van der Waals surface area contributed by atoms with Gasteiger partial charge in [-0.15, -0.1) is 0 Å². The van der Waals surface area contributed by atoms with Crippen molar-refractivity contribution in [2.75, 3.05) is 33.2 Å². The summed E-state index contributed by atoms with van der Waals surface area (Å²) < 4.78 is 8.28. The van der Waals surface area contributed by atoms with Crippen LogP contribution in [-0.4, -0.2) is 82.7 Å². The maximum Gasteiger partial charge on any atom is 0.245 e. The topological polar surface area (TPSA) is 109 Å². The molecule has 4 fully saturated rings. The molecule has 3 amide bonds. The second-order valence-electron chi connectivity index (χ2n) is 11.7. The van der Waals surface area contributed by atoms with Crippen LogP contribution in [0.2, 0.25) is 0 Å². The summed E-state index contributed by atoms with van der Waals surface area (Å²) >= 11 is 0. The Morgan fingerprint density at radius 3 is 2.50 bits per heavy atom. The monoisotopic (exact) mass is 550 g/mol. The highest BCUT2D eigenvalue weighted by molar-refractivity contribution is 5.90. The molecule has 2 bridgehead atoms. The van der Waals surface area contributed by atoms with Crippen molar-refractivity contribution in [3.8, 4) is 0 Å². The third kappa shape index (κ3) is 5.39. The molecule has 2 aromatic rings. The van der Waals surface area contributed by atoms with Gasteiger partial charge in [-0.2, -0.15) is 5.10 Å². The number of hydrogen-bond donors (Lipinski definition) is 2. The van der Waals surface area contributed by atoms with Crippen LogP contribution in [-0.2, 0) is 39.3 Å². The van der Waals surface area contributed by atoms with Crippen LogP contribution in [0.25, 0.3) is 0 Å². The fourth-order valence-corrected chi connectivity index (χ4v) is 7.14. The van der Waals surface area contributed by atoms with E-state index < -0.39 is 12.1 Å². The van der Waals surface area contributed by atoms with Gasteiger partial charge in [-0.1, -0.05) is 44.2 Å². The Balaban J connectivity index is 1.47. The summed E-state index contributed by atoms with van der Waals surface area (Å²) in [5.41, 5.74) is 1.72. The summed E-state index contributed by atoms with van der Waals surface area (Å²) in [5.74, 6) is -1.24. The van der Waals surface area contributed by atoms with Crippen LogP contribution in [0.4, 0.5) is 0 Å². The zero-order chi connectivity index (χ0) is 28.4. The van der Waals surface area contributed by atoms with Crippen LogP contribution in [0.3, 0.4) is 0 Å². The minimum atomic E-state index is -0.914. The number of fused-ring (bicyclic) bond motifs is 6. The van der Waals surface area contributed by atoms with E-state index >= 15 is 0 Å². The molecule has 0 saturated carbocycles. The van der Waals surface area contributed by atoms with Gasteiger partial charge in [0.15, 0.2) is 0 Å². The number of aromatic nitrogens is 2. The molecule has 4 aliphatic rings. The van der Waals surface area contributed by atoms with Crippen molar-refractivity contribution in [3.63, 3.8) is 0 Å². The Kier molecular flexibility index (Phi) is 8.28. The summed E-state index contributed by atoms with van der Waals surface area (Å²) in [5, 5.41) is 10.2. The molecule has 1 spiro atoms. The number of carbonyl (C=O) groups is 3. The van der Waals surface area contributed by atoms with Crippen molar-refractivity contribution in [1.29, 1.82) is 0 Å². The number of nitrogens with one attached hydrogen (secondary N) is 2. The number of aryl methyl sites for hydroxylation is 1. The van der Waals surface area contributed by atoms with Crippen LogP contribution < -0.4 is 10.6 Å². The van der Waals surface area contributed by atoms with Crippen LogP contribution >= 0.6 is 0 Å². The molecule has 1 unspecified atom stereocenters. The number of rotatable bonds is 8. The lowest BCUT2D eigenvalue weighted by Gasteiger charge is -2.51. The molecule has 2 N–H and O–H groups in total. The van der Waals surface area contributed by atoms with Crippen molar-refractivity contribution in [2.24, 2.45) is 30.2 Å². The lowest BCUT2D eigenvalue weighted by Crippen LogP contribution is -2.65. The third-order valence-corrected chi connectivity index (χ3v) is 9.13. The standard InChI is InChI=1S/C30H42N6O4/c1-5-22-23(6-2)29(39)36-18-30(19-36)17-35(14-21-12-32-34(4)13-21)15-24(30)27(37)33-25(28(38)31-3)26(22)40-16-20-10-8-7-9-11-20/h7-13,22-26H,5-6,14-19H2,1-4H3,(H,31,38)(H,33,37)/t22?,23-,24+,25+,26-/m1/s1. The van der Waals surface area contributed by atoms with E-state index in [2.05, 4.69) is 20.6 Å². The van der Waals surface area contributed by atoms with Gasteiger partial charge in [0, 0.05) is 69.9 Å². The Hall–Kier alpha value is -3.24. The molecule has 0 radical (unpaired) electrons. The number of benzene rings is 1. The maximum absolute atomic E-state index is 14.0. The highest BCUT2D eigenvalue weighted by Crippen LogP contribution is 2.46. The average Bonchev–Trinajstić information content (AvgIpc) is 3.53. The molecule has 40 heavy (non-hydrogen) atoms. The molecule has 5 heterocycles. The largest absolute Gasteiger partial charge is 0.371 e. The van der Waals surface area contributed by atoms with E-state index in [1.54, 1.807) is 11.7 Å². The fourth-order valence-electron chi connectivity index (χ4n) is 7.14. The van der Waals surface area contributed by atoms with E-state index in [9.17, 15) is 14.4 Å². The number of nitrogens with zero attached hydrogens (tertiary/aromatic N) is 4. The Morgan fingerprint density at radius 2 is 1.88 bits per heavy atom. The molecular formula is C30H42N6O4. The number of carbonyl (C=O) groups excluding carboxylic acids is 3. The zero-order valence-electron chi connectivity index (χ0n) is 24.0. The first-order chi connectivity index (χ1) is 19.3. The smallest absolute Gasteiger partial charge is 0.245 e. The highest BCUT2D eigenvalue weighted by Gasteiger charge is 2.59. The minimum absolute atomic E-state index is 0.0998. The predicted octanol–water partition coefficient (Wildman–Crippen LogP) is 1.56. The molecule has 5 atom stereocenters. The van der Waals surface area contributed by atoms with Gasteiger partial charge >= 0.3 is 0 Å². The van der Waals surface area contributed by atoms with E-state index in [0.29, 0.717) is 39.0 Å². The van der Waals surface area contributed by atoms with Crippen LogP contribution in [0.15, 0.2) is 42.7 Å². The van der Waals surface area contributed by atoms with Crippen molar-refractivity contribution in [2.45, 2.75) is 52.0 Å². The van der Waals surface area contributed by atoms with E-state index in [4.69, 9.17) is 4.74 Å². The van der Waals surface area contributed by atoms with Gasteiger partial charge in [0.1, 0.15) is 6.04 Å². The van der Waals surface area contributed by atoms with Gasteiger partial charge in [-0.05, 0) is 24.3 Å². The minimum Gasteiger partial charge on any atom is -0.371 e. The number of ether oxygens (including phenoxy) is 1. The number of amides is 3. The van der Waals surface area contributed by atoms with Crippen LogP contribution in [0, 0.1) is 23.2 Å². The van der Waals surface area contributed by atoms with Gasteiger partial charge in [-0.3, -0.25) is 24.0 Å². The molecule has 4 aliphatic heterocycles. The van der Waals surface area contributed by atoms with Gasteiger partial charge in [0.05, 0.1) is 24.8 Å². The summed E-state index contributed by atoms with van der Waals surface area (Å²) in [6.45, 7) is 7.42. The van der Waals surface area contributed by atoms with E-state index in [-0.39, 0.29) is 47.5 Å². The molecule has 0 aliphatic carbocycles. The number of hydrogen-bond acceptors (Lipinski definition) is 6. The maximum atomic E-state index is 14.0. The number of likely N-dealkylation sites (tertiary alicyclic amines) is 1. The summed E-state index contributed by atoms with van der Waals surface area (Å²) in [6, 6.07) is 8.87. The van der Waals surface area contributed by atoms with Crippen LogP contribution in [0.1, 0.15) is 37.8 Å². The summed E-state index contributed by atoms with van der Waals surface area (Å²) in [7, 11) is 3.47. The SMILES string of the molecule is CCC1[C@@H](OCc2ccccc2)[C@@H](C(=O)NC)NC(=O)[C@@H]2CN(Cc3cnn(C)c3)CC23CN(C3)C(=O)[C@@H]1CC. The first-order valence-corrected chi connectivity index (χ1v) is 14.4. The normalized spacial score (nSPS) is 30.7. The molecule has 4 saturated heterocycles. The van der Waals surface area contributed by atoms with Crippen molar-refractivity contribution >= 4 is 17.7 Å². The highest BCUT2D eigenvalue weighted by atomic mass is 16.5. The van der Waals surface area contributed by atoms with E-state index in [0.717, 1.165) is 17.7 Å². The lowest BCUT2D eigenvalue weighted by molar-refractivity contribution is -0.156. The van der Waals surface area contributed by atoms with E-state index in [1.165, 1.54) is 0 Å². The molecule has 10 heteroatoms. The third-order valence-electron chi connectivity index (χ3n) is 9.13. The molecule has 216 valence electrons. The molecule has 6 rings (SSSR count). The van der Waals surface area contributed by atoms with Crippen molar-refractivity contribution in [1.82, 2.24) is 30.2 Å². The fraction of sp³-hybridized carbons (Fsp3) is 0.600. The molecule has 1 aromatic carbocycles. The Bertz CT molecular complexity index is 1210. The van der Waals surface area contributed by atoms with Crippen molar-refractivity contribution < 1.29 is 19.1 Å². The second kappa shape index (κ2) is 11.7. The van der Waals surface area contributed by atoms with Gasteiger partial charge in [-0.25, -0.2) is 0 Å². The molecule has 1 aromatic heterocycles. The number of likely N-dealkylation sites (N-methyl/N-ethyl adjacent to an activating group) is 1. The molecular weight excluding hydrogens is 508 g/mol. The summed E-state index contributed by atoms with van der Waals surface area (Å²) in [6.07, 6.45) is 4.46. The predicted molar refractivity (Wildman–Crippen MR) is 150 cm³/mol. The lowest BCUT2D eigenvalue weighted by atomic mass is 9.70. The van der Waals surface area contributed by atoms with Gasteiger partial charge in [0.2, 0.25) is 17.7 Å². The summed E-state index contributed by atoms with van der Waals surface area (Å²) in [4.78, 5) is 45.6. The first kappa shape index (κ1) is 28.3. The second-order valence-corrected chi connectivity index (χ2v) is 11.7. The van der Waals surface area contributed by atoms with Crippen LogP contribution in [0.5, 0.6) is 0 Å². The molecule has 10 nitrogen and oxygen atoms in total. The Morgan fingerprint density at radius 1 is 1.12 bits per heavy atom. The first-order valence-electron chi connectivity index (χ1n) is 14.4. The van der Waals surface area contributed by atoms with Gasteiger partial charge in [0.25, 0.3) is 0 Å². The Labute approximate surface area is 236 Å². The zero-order valence-corrected chi connectivity index (χ0v) is 24.0. The van der Waals surface area contributed by atoms with Crippen molar-refractivity contribution in [3.05, 3.63) is 53.9 Å². The average molecular weight is 551 g/mol.